The largest absolute Gasteiger partial charge is 0.366 e. The molecule has 0 bridgehead atoms. The summed E-state index contributed by atoms with van der Waals surface area (Å²) in [5.41, 5.74) is 1.95. The number of rotatable bonds is 8. The van der Waals surface area contributed by atoms with Gasteiger partial charge in [-0.15, -0.1) is 0 Å². The SMILES string of the molecule is CC(Nc1nc(NCc2cccnc2)cc(Nc2cnccn2)n1)c1ccc(F)cc1. The molecule has 0 aliphatic heterocycles. The lowest BCUT2D eigenvalue weighted by Gasteiger charge is -2.16. The maximum Gasteiger partial charge on any atom is 0.227 e. The zero-order valence-corrected chi connectivity index (χ0v) is 16.8. The van der Waals surface area contributed by atoms with Gasteiger partial charge in [-0.25, -0.2) is 9.37 Å². The number of hydrogen-bond donors (Lipinski definition) is 3. The van der Waals surface area contributed by atoms with Crippen molar-refractivity contribution >= 4 is 23.4 Å². The molecule has 0 fully saturated rings. The minimum Gasteiger partial charge on any atom is -0.366 e. The first-order valence-electron chi connectivity index (χ1n) is 9.72. The van der Waals surface area contributed by atoms with Crippen molar-refractivity contribution in [1.82, 2.24) is 24.9 Å². The van der Waals surface area contributed by atoms with Gasteiger partial charge in [-0.1, -0.05) is 18.2 Å². The van der Waals surface area contributed by atoms with Crippen molar-refractivity contribution in [3.05, 3.63) is 90.4 Å². The molecule has 4 rings (SSSR count). The molecule has 3 heterocycles. The number of pyridine rings is 1. The van der Waals surface area contributed by atoms with Crippen LogP contribution in [0.3, 0.4) is 0 Å². The summed E-state index contributed by atoms with van der Waals surface area (Å²) in [4.78, 5) is 21.5. The molecule has 1 atom stereocenters. The Hall–Kier alpha value is -4.14. The second kappa shape index (κ2) is 9.57. The Kier molecular flexibility index (Phi) is 6.22. The Labute approximate surface area is 179 Å². The maximum atomic E-state index is 13.2. The van der Waals surface area contributed by atoms with Crippen molar-refractivity contribution in [2.45, 2.75) is 19.5 Å². The van der Waals surface area contributed by atoms with E-state index in [1.165, 1.54) is 12.1 Å². The fourth-order valence-electron chi connectivity index (χ4n) is 2.88. The average Bonchev–Trinajstić information content (AvgIpc) is 2.79. The van der Waals surface area contributed by atoms with E-state index in [0.717, 1.165) is 11.1 Å². The highest BCUT2D eigenvalue weighted by Gasteiger charge is 2.11. The van der Waals surface area contributed by atoms with Crippen molar-refractivity contribution in [1.29, 1.82) is 0 Å². The molecule has 0 radical (unpaired) electrons. The van der Waals surface area contributed by atoms with E-state index in [9.17, 15) is 4.39 Å². The van der Waals surface area contributed by atoms with Crippen LogP contribution >= 0.6 is 0 Å². The van der Waals surface area contributed by atoms with Crippen LogP contribution in [-0.2, 0) is 6.54 Å². The number of halogens is 1. The second-order valence-corrected chi connectivity index (χ2v) is 6.81. The molecule has 0 aliphatic carbocycles. The van der Waals surface area contributed by atoms with E-state index in [1.54, 1.807) is 49.2 Å². The van der Waals surface area contributed by atoms with Crippen LogP contribution in [0, 0.1) is 5.82 Å². The summed E-state index contributed by atoms with van der Waals surface area (Å²) in [6.45, 7) is 2.52. The Morgan fingerprint density at radius 3 is 2.45 bits per heavy atom. The first kappa shape index (κ1) is 20.1. The fraction of sp³-hybridized carbons (Fsp3) is 0.136. The van der Waals surface area contributed by atoms with Gasteiger partial charge >= 0.3 is 0 Å². The van der Waals surface area contributed by atoms with Crippen LogP contribution in [0.25, 0.3) is 0 Å². The lowest BCUT2D eigenvalue weighted by Crippen LogP contribution is -2.12. The van der Waals surface area contributed by atoms with Crippen LogP contribution in [0.15, 0.2) is 73.4 Å². The number of benzene rings is 1. The highest BCUT2D eigenvalue weighted by molar-refractivity contribution is 5.58. The topological polar surface area (TPSA) is 101 Å². The number of nitrogens with zero attached hydrogens (tertiary/aromatic N) is 5. The predicted octanol–water partition coefficient (Wildman–Crippen LogP) is 4.33. The Balaban J connectivity index is 1.56. The van der Waals surface area contributed by atoms with Crippen LogP contribution in [0.1, 0.15) is 24.1 Å². The third-order valence-corrected chi connectivity index (χ3v) is 4.46. The highest BCUT2D eigenvalue weighted by Crippen LogP contribution is 2.22. The molecular weight excluding hydrogens is 395 g/mol. The molecule has 31 heavy (non-hydrogen) atoms. The van der Waals surface area contributed by atoms with E-state index in [4.69, 9.17) is 0 Å². The maximum absolute atomic E-state index is 13.2. The molecule has 0 saturated heterocycles. The van der Waals surface area contributed by atoms with E-state index in [-0.39, 0.29) is 11.9 Å². The first-order chi connectivity index (χ1) is 15.2. The van der Waals surface area contributed by atoms with Crippen molar-refractivity contribution in [3.8, 4) is 0 Å². The van der Waals surface area contributed by atoms with Crippen molar-refractivity contribution < 1.29 is 4.39 Å². The van der Waals surface area contributed by atoms with Gasteiger partial charge in [0.15, 0.2) is 0 Å². The summed E-state index contributed by atoms with van der Waals surface area (Å²) in [6, 6.07) is 11.9. The van der Waals surface area contributed by atoms with Gasteiger partial charge in [0.25, 0.3) is 0 Å². The molecule has 1 unspecified atom stereocenters. The molecule has 1 aromatic carbocycles. The van der Waals surface area contributed by atoms with Crippen molar-refractivity contribution in [2.75, 3.05) is 16.0 Å². The van der Waals surface area contributed by atoms with E-state index >= 15 is 0 Å². The molecule has 3 N–H and O–H groups in total. The number of nitrogens with one attached hydrogen (secondary N) is 3. The third-order valence-electron chi connectivity index (χ3n) is 4.46. The molecule has 3 aromatic heterocycles. The predicted molar refractivity (Wildman–Crippen MR) is 117 cm³/mol. The molecular formula is C22H21FN8. The summed E-state index contributed by atoms with van der Waals surface area (Å²) in [7, 11) is 0. The van der Waals surface area contributed by atoms with Gasteiger partial charge in [-0.3, -0.25) is 9.97 Å². The smallest absolute Gasteiger partial charge is 0.227 e. The standard InChI is InChI=1S/C22H21FN8/c1-15(17-4-6-18(23)7-5-17)28-22-30-19(27-13-16-3-2-8-24-12-16)11-20(31-22)29-21-14-25-9-10-26-21/h2-12,14-15H,13H2,1H3,(H3,26,27,28,29,30,31). The molecule has 0 saturated carbocycles. The van der Waals surface area contributed by atoms with E-state index < -0.39 is 0 Å². The van der Waals surface area contributed by atoms with E-state index in [2.05, 4.69) is 40.9 Å². The molecule has 0 aliphatic rings. The minimum absolute atomic E-state index is 0.126. The van der Waals surface area contributed by atoms with Crippen LogP contribution in [0.5, 0.6) is 0 Å². The highest BCUT2D eigenvalue weighted by atomic mass is 19.1. The summed E-state index contributed by atoms with van der Waals surface area (Å²) in [6.07, 6.45) is 8.34. The first-order valence-corrected chi connectivity index (χ1v) is 9.72. The molecule has 9 heteroatoms. The molecule has 8 nitrogen and oxygen atoms in total. The van der Waals surface area contributed by atoms with E-state index in [0.29, 0.717) is 29.9 Å². The Bertz CT molecular complexity index is 1110. The molecule has 4 aromatic rings. The van der Waals surface area contributed by atoms with Gasteiger partial charge in [0.05, 0.1) is 12.2 Å². The van der Waals surface area contributed by atoms with Crippen molar-refractivity contribution in [2.24, 2.45) is 0 Å². The molecule has 156 valence electrons. The fourth-order valence-corrected chi connectivity index (χ4v) is 2.88. The summed E-state index contributed by atoms with van der Waals surface area (Å²) < 4.78 is 13.2. The van der Waals surface area contributed by atoms with Gasteiger partial charge in [-0.05, 0) is 36.2 Å². The van der Waals surface area contributed by atoms with Crippen molar-refractivity contribution in [3.63, 3.8) is 0 Å². The molecule has 0 amide bonds. The second-order valence-electron chi connectivity index (χ2n) is 6.81. The number of anilines is 4. The lowest BCUT2D eigenvalue weighted by atomic mass is 10.1. The third kappa shape index (κ3) is 5.69. The van der Waals surface area contributed by atoms with Gasteiger partial charge in [0, 0.05) is 37.4 Å². The Morgan fingerprint density at radius 1 is 0.903 bits per heavy atom. The zero-order valence-electron chi connectivity index (χ0n) is 16.8. The van der Waals surface area contributed by atoms with Crippen LogP contribution < -0.4 is 16.0 Å². The van der Waals surface area contributed by atoms with Crippen LogP contribution in [0.2, 0.25) is 0 Å². The van der Waals surface area contributed by atoms with Crippen LogP contribution in [-0.4, -0.2) is 24.9 Å². The van der Waals surface area contributed by atoms with E-state index in [1.807, 2.05) is 19.1 Å². The quantitative estimate of drug-likeness (QED) is 0.390. The van der Waals surface area contributed by atoms with Gasteiger partial charge in [0.2, 0.25) is 5.95 Å². The van der Waals surface area contributed by atoms with Gasteiger partial charge in [-0.2, -0.15) is 9.97 Å². The molecule has 0 spiro atoms. The number of hydrogen-bond acceptors (Lipinski definition) is 8. The summed E-state index contributed by atoms with van der Waals surface area (Å²) in [5, 5.41) is 9.70. The number of aromatic nitrogens is 5. The minimum atomic E-state index is -0.274. The monoisotopic (exact) mass is 416 g/mol. The van der Waals surface area contributed by atoms with Gasteiger partial charge < -0.3 is 16.0 Å². The summed E-state index contributed by atoms with van der Waals surface area (Å²) >= 11 is 0. The Morgan fingerprint density at radius 2 is 1.71 bits per heavy atom. The summed E-state index contributed by atoms with van der Waals surface area (Å²) in [5.74, 6) is 1.89. The van der Waals surface area contributed by atoms with Crippen LogP contribution in [0.4, 0.5) is 27.8 Å². The lowest BCUT2D eigenvalue weighted by molar-refractivity contribution is 0.626. The van der Waals surface area contributed by atoms with Gasteiger partial charge in [0.1, 0.15) is 23.3 Å². The average molecular weight is 416 g/mol. The normalized spacial score (nSPS) is 11.5. The zero-order chi connectivity index (χ0) is 21.5.